The fourth-order valence-electron chi connectivity index (χ4n) is 3.10. The van der Waals surface area contributed by atoms with Crippen molar-refractivity contribution in [1.82, 2.24) is 19.3 Å². The molecule has 0 fully saturated rings. The normalized spacial score (nSPS) is 12.2. The Morgan fingerprint density at radius 2 is 1.53 bits per heavy atom. The number of aryl methyl sites for hydroxylation is 2. The highest BCUT2D eigenvalue weighted by Crippen LogP contribution is 2.20. The summed E-state index contributed by atoms with van der Waals surface area (Å²) in [7, 11) is 3.43. The summed E-state index contributed by atoms with van der Waals surface area (Å²) in [5.41, 5.74) is 2.07. The Bertz CT molecular complexity index is 942. The third-order valence-electron chi connectivity index (χ3n) is 5.66. The Hall–Kier alpha value is -3.16. The Labute approximate surface area is 192 Å². The summed E-state index contributed by atoms with van der Waals surface area (Å²) in [5.74, 6) is 2.14. The number of likely N-dealkylation sites (N-methyl/N-ethyl adjacent to an activating group) is 2. The molecule has 8 heteroatoms. The smallest absolute Gasteiger partial charge is 0.264 e. The van der Waals surface area contributed by atoms with E-state index in [2.05, 4.69) is 50.8 Å². The summed E-state index contributed by atoms with van der Waals surface area (Å²) in [6.07, 6.45) is 8.39. The first-order valence-corrected chi connectivity index (χ1v) is 10.9. The number of aromatic nitrogens is 4. The van der Waals surface area contributed by atoms with Crippen molar-refractivity contribution in [3.63, 3.8) is 0 Å². The van der Waals surface area contributed by atoms with Crippen molar-refractivity contribution in [2.45, 2.75) is 66.2 Å². The lowest BCUT2D eigenvalue weighted by Crippen LogP contribution is -2.37. The van der Waals surface area contributed by atoms with Crippen LogP contribution in [-0.2, 0) is 9.59 Å². The minimum Gasteiger partial charge on any atom is -0.268 e. The molecular formula is C24H38N6O2. The Morgan fingerprint density at radius 1 is 1.00 bits per heavy atom. The molecule has 0 aromatic carbocycles. The molecule has 0 saturated heterocycles. The number of hydrogen-bond donors (Lipinski definition) is 0. The van der Waals surface area contributed by atoms with Gasteiger partial charge in [0, 0.05) is 14.1 Å². The van der Waals surface area contributed by atoms with Crippen LogP contribution in [0.25, 0.3) is 0 Å². The van der Waals surface area contributed by atoms with E-state index >= 15 is 0 Å². The third kappa shape index (κ3) is 6.18. The molecule has 8 nitrogen and oxygen atoms in total. The minimum atomic E-state index is -0.142. The molecule has 0 aliphatic carbocycles. The fourth-order valence-corrected chi connectivity index (χ4v) is 3.10. The van der Waals surface area contributed by atoms with Crippen LogP contribution in [0.15, 0.2) is 37.7 Å². The van der Waals surface area contributed by atoms with Crippen molar-refractivity contribution in [3.8, 4) is 0 Å². The highest BCUT2D eigenvalue weighted by Gasteiger charge is 2.18. The van der Waals surface area contributed by atoms with E-state index in [9.17, 15) is 9.59 Å². The van der Waals surface area contributed by atoms with Crippen molar-refractivity contribution in [1.29, 1.82) is 0 Å². The van der Waals surface area contributed by atoms with E-state index in [0.717, 1.165) is 35.9 Å². The number of amides is 2. The van der Waals surface area contributed by atoms with Gasteiger partial charge < -0.3 is 0 Å². The maximum absolute atomic E-state index is 11.6. The molecule has 0 aliphatic heterocycles. The molecule has 2 atom stereocenters. The van der Waals surface area contributed by atoms with Gasteiger partial charge in [-0.2, -0.15) is 0 Å². The molecule has 0 aliphatic rings. The van der Waals surface area contributed by atoms with Gasteiger partial charge in [0.25, 0.3) is 11.8 Å². The van der Waals surface area contributed by atoms with E-state index in [1.165, 1.54) is 22.2 Å². The number of nitrogens with zero attached hydrogens (tertiary/aromatic N) is 6. The Kier molecular flexibility index (Phi) is 10.1. The van der Waals surface area contributed by atoms with Crippen LogP contribution in [-0.4, -0.2) is 45.2 Å². The molecule has 0 bridgehead atoms. The molecule has 0 N–H and O–H groups in total. The quantitative estimate of drug-likeness (QED) is 0.580. The summed E-state index contributed by atoms with van der Waals surface area (Å²) < 4.78 is 3.60. The van der Waals surface area contributed by atoms with Gasteiger partial charge in [0.15, 0.2) is 0 Å². The first kappa shape index (κ1) is 26.9. The van der Waals surface area contributed by atoms with Gasteiger partial charge in [0.1, 0.15) is 11.6 Å². The zero-order valence-electron chi connectivity index (χ0n) is 20.8. The molecule has 2 aromatic heterocycles. The fraction of sp³-hybridized carbons (Fsp3) is 0.500. The van der Waals surface area contributed by atoms with Crippen LogP contribution in [0.1, 0.15) is 75.4 Å². The lowest BCUT2D eigenvalue weighted by Gasteiger charge is -2.23. The minimum absolute atomic E-state index is 0.134. The monoisotopic (exact) mass is 442 g/mol. The van der Waals surface area contributed by atoms with E-state index in [0.29, 0.717) is 11.8 Å². The SMILES string of the molecule is C=CC(=O)N(C)n1c(C(C)CC)cnc1C.C=CC(=O)N(C)n1cc([C@@H](C)CC)nc1C. The molecule has 0 spiro atoms. The number of imidazole rings is 2. The number of carbonyl (C=O) groups is 2. The molecule has 1 unspecified atom stereocenters. The van der Waals surface area contributed by atoms with Crippen molar-refractivity contribution in [3.05, 3.63) is 60.7 Å². The highest BCUT2D eigenvalue weighted by molar-refractivity contribution is 5.95. The van der Waals surface area contributed by atoms with E-state index < -0.39 is 0 Å². The molecule has 0 radical (unpaired) electrons. The average molecular weight is 443 g/mol. The molecule has 176 valence electrons. The first-order chi connectivity index (χ1) is 15.0. The summed E-state index contributed by atoms with van der Waals surface area (Å²) in [4.78, 5) is 31.8. The second kappa shape index (κ2) is 12.0. The van der Waals surface area contributed by atoms with Gasteiger partial charge in [-0.15, -0.1) is 0 Å². The summed E-state index contributed by atoms with van der Waals surface area (Å²) in [6.45, 7) is 19.2. The largest absolute Gasteiger partial charge is 0.268 e. The standard InChI is InChI=1S/2C12H19N3O/c1-6-9(3)11-8-15(10(4)13-11)14(5)12(16)7-2;1-6-9(3)11-8-13-10(4)15(11)14(5)12(16)7-2/h2*7-9H,2,6H2,1,3-5H3/t9-;/m0./s1. The average Bonchev–Trinajstić information content (AvgIpc) is 3.38. The van der Waals surface area contributed by atoms with Crippen molar-refractivity contribution in [2.24, 2.45) is 0 Å². The van der Waals surface area contributed by atoms with Gasteiger partial charge in [-0.05, 0) is 50.7 Å². The van der Waals surface area contributed by atoms with Gasteiger partial charge >= 0.3 is 0 Å². The molecular weight excluding hydrogens is 404 g/mol. The number of hydrogen-bond acceptors (Lipinski definition) is 4. The lowest BCUT2D eigenvalue weighted by molar-refractivity contribution is -0.116. The second-order valence-electron chi connectivity index (χ2n) is 7.85. The van der Waals surface area contributed by atoms with Crippen LogP contribution in [0, 0.1) is 13.8 Å². The molecule has 2 rings (SSSR count). The van der Waals surface area contributed by atoms with Crippen LogP contribution < -0.4 is 10.0 Å². The van der Waals surface area contributed by atoms with E-state index in [-0.39, 0.29) is 11.8 Å². The summed E-state index contributed by atoms with van der Waals surface area (Å²) >= 11 is 0. The van der Waals surface area contributed by atoms with Gasteiger partial charge in [0.05, 0.1) is 23.8 Å². The maximum atomic E-state index is 11.6. The summed E-state index contributed by atoms with van der Waals surface area (Å²) in [5, 5.41) is 3.04. The summed E-state index contributed by atoms with van der Waals surface area (Å²) in [6, 6.07) is 0. The van der Waals surface area contributed by atoms with E-state index in [1.807, 2.05) is 30.9 Å². The third-order valence-corrected chi connectivity index (χ3v) is 5.66. The van der Waals surface area contributed by atoms with Crippen molar-refractivity contribution >= 4 is 11.8 Å². The Morgan fingerprint density at radius 3 is 2.03 bits per heavy atom. The second-order valence-corrected chi connectivity index (χ2v) is 7.85. The van der Waals surface area contributed by atoms with Gasteiger partial charge in [-0.1, -0.05) is 40.9 Å². The zero-order chi connectivity index (χ0) is 24.6. The van der Waals surface area contributed by atoms with Gasteiger partial charge in [-0.25, -0.2) is 29.3 Å². The predicted octanol–water partition coefficient (Wildman–Crippen LogP) is 3.97. The number of rotatable bonds is 8. The van der Waals surface area contributed by atoms with Crippen LogP contribution in [0.4, 0.5) is 0 Å². The van der Waals surface area contributed by atoms with Crippen LogP contribution >= 0.6 is 0 Å². The highest BCUT2D eigenvalue weighted by atomic mass is 16.2. The molecule has 32 heavy (non-hydrogen) atoms. The molecule has 2 amide bonds. The number of carbonyl (C=O) groups excluding carboxylic acids is 2. The van der Waals surface area contributed by atoms with Crippen LogP contribution in [0.3, 0.4) is 0 Å². The predicted molar refractivity (Wildman–Crippen MR) is 130 cm³/mol. The molecule has 0 saturated carbocycles. The molecule has 2 heterocycles. The van der Waals surface area contributed by atoms with Crippen LogP contribution in [0.2, 0.25) is 0 Å². The zero-order valence-corrected chi connectivity index (χ0v) is 20.8. The van der Waals surface area contributed by atoms with Gasteiger partial charge in [0.2, 0.25) is 0 Å². The Balaban J connectivity index is 0.000000320. The lowest BCUT2D eigenvalue weighted by atomic mass is 10.1. The van der Waals surface area contributed by atoms with Crippen molar-refractivity contribution in [2.75, 3.05) is 24.1 Å². The van der Waals surface area contributed by atoms with Crippen LogP contribution in [0.5, 0.6) is 0 Å². The first-order valence-electron chi connectivity index (χ1n) is 10.9. The van der Waals surface area contributed by atoms with E-state index in [4.69, 9.17) is 0 Å². The topological polar surface area (TPSA) is 76.3 Å². The van der Waals surface area contributed by atoms with Gasteiger partial charge in [-0.3, -0.25) is 9.59 Å². The van der Waals surface area contributed by atoms with Crippen molar-refractivity contribution < 1.29 is 9.59 Å². The maximum Gasteiger partial charge on any atom is 0.264 e. The molecule has 2 aromatic rings. The van der Waals surface area contributed by atoms with E-state index in [1.54, 1.807) is 18.8 Å².